The number of halogens is 2. The smallest absolute Gasteiger partial charge is 0.256 e. The topological polar surface area (TPSA) is 60.4 Å². The third-order valence-corrected chi connectivity index (χ3v) is 3.28. The second kappa shape index (κ2) is 5.34. The standard InChI is InChI=1S/C13H13F2NO3/c14-9-1-2-10(11(15)7-9)12(17)16-5-3-8(4-6-16)13(18)19/h1-2,7-8H,3-6H2,(H,18,19)/p-1. The number of carboxylic acid groups (broad SMARTS) is 1. The summed E-state index contributed by atoms with van der Waals surface area (Å²) in [6.07, 6.45) is 0.577. The molecule has 0 bridgehead atoms. The van der Waals surface area contributed by atoms with E-state index >= 15 is 0 Å². The lowest BCUT2D eigenvalue weighted by atomic mass is 9.96. The zero-order valence-corrected chi connectivity index (χ0v) is 10.1. The average molecular weight is 268 g/mol. The van der Waals surface area contributed by atoms with Crippen molar-refractivity contribution in [3.8, 4) is 0 Å². The van der Waals surface area contributed by atoms with E-state index in [2.05, 4.69) is 0 Å². The summed E-state index contributed by atoms with van der Waals surface area (Å²) < 4.78 is 26.2. The van der Waals surface area contributed by atoms with Gasteiger partial charge in [0.1, 0.15) is 11.6 Å². The maximum absolute atomic E-state index is 13.5. The molecule has 1 aromatic rings. The van der Waals surface area contributed by atoms with E-state index in [-0.39, 0.29) is 31.5 Å². The van der Waals surface area contributed by atoms with Crippen LogP contribution >= 0.6 is 0 Å². The minimum atomic E-state index is -1.12. The van der Waals surface area contributed by atoms with Gasteiger partial charge in [-0.3, -0.25) is 4.79 Å². The summed E-state index contributed by atoms with van der Waals surface area (Å²) in [5.41, 5.74) is -0.201. The molecular weight excluding hydrogens is 256 g/mol. The Morgan fingerprint density at radius 2 is 1.84 bits per heavy atom. The maximum Gasteiger partial charge on any atom is 0.256 e. The Labute approximate surface area is 108 Å². The predicted molar refractivity (Wildman–Crippen MR) is 60.0 cm³/mol. The molecule has 2 rings (SSSR count). The first-order valence-electron chi connectivity index (χ1n) is 5.94. The number of carbonyl (C=O) groups excluding carboxylic acids is 2. The van der Waals surface area contributed by atoms with Gasteiger partial charge < -0.3 is 14.8 Å². The molecule has 0 saturated carbocycles. The van der Waals surface area contributed by atoms with Crippen molar-refractivity contribution in [2.24, 2.45) is 5.92 Å². The van der Waals surface area contributed by atoms with Crippen LogP contribution in [-0.4, -0.2) is 29.9 Å². The Hall–Kier alpha value is -1.98. The number of nitrogens with zero attached hydrogens (tertiary/aromatic N) is 1. The normalized spacial score (nSPS) is 16.4. The molecule has 0 N–H and O–H groups in total. The summed E-state index contributed by atoms with van der Waals surface area (Å²) in [7, 11) is 0. The van der Waals surface area contributed by atoms with Crippen molar-refractivity contribution in [3.05, 3.63) is 35.4 Å². The highest BCUT2D eigenvalue weighted by atomic mass is 19.1. The van der Waals surface area contributed by atoms with Crippen LogP contribution in [0.3, 0.4) is 0 Å². The molecule has 19 heavy (non-hydrogen) atoms. The Balaban J connectivity index is 2.07. The molecule has 1 amide bonds. The molecule has 0 unspecified atom stereocenters. The summed E-state index contributed by atoms with van der Waals surface area (Å²) >= 11 is 0. The number of benzene rings is 1. The number of carbonyl (C=O) groups is 2. The minimum Gasteiger partial charge on any atom is -0.550 e. The van der Waals surface area contributed by atoms with E-state index in [9.17, 15) is 23.5 Å². The highest BCUT2D eigenvalue weighted by Crippen LogP contribution is 2.20. The zero-order chi connectivity index (χ0) is 14.0. The molecule has 1 heterocycles. The number of rotatable bonds is 2. The average Bonchev–Trinajstić information content (AvgIpc) is 2.38. The fraction of sp³-hybridized carbons (Fsp3) is 0.385. The second-order valence-electron chi connectivity index (χ2n) is 4.51. The number of likely N-dealkylation sites (tertiary alicyclic amines) is 1. The minimum absolute atomic E-state index is 0.201. The first kappa shape index (κ1) is 13.5. The number of hydrogen-bond acceptors (Lipinski definition) is 3. The lowest BCUT2D eigenvalue weighted by Gasteiger charge is -2.32. The molecule has 0 aromatic heterocycles. The van der Waals surface area contributed by atoms with Crippen LogP contribution in [0.25, 0.3) is 0 Å². The molecule has 1 aromatic carbocycles. The Morgan fingerprint density at radius 1 is 1.21 bits per heavy atom. The summed E-state index contributed by atoms with van der Waals surface area (Å²) in [5, 5.41) is 10.7. The number of amides is 1. The van der Waals surface area contributed by atoms with E-state index in [0.29, 0.717) is 6.07 Å². The van der Waals surface area contributed by atoms with Crippen LogP contribution < -0.4 is 5.11 Å². The molecule has 0 atom stereocenters. The van der Waals surface area contributed by atoms with Gasteiger partial charge in [0, 0.05) is 31.0 Å². The summed E-state index contributed by atoms with van der Waals surface area (Å²) in [5.74, 6) is -3.90. The predicted octanol–water partition coefficient (Wildman–Crippen LogP) is 0.567. The van der Waals surface area contributed by atoms with Crippen molar-refractivity contribution in [2.45, 2.75) is 12.8 Å². The van der Waals surface area contributed by atoms with E-state index in [1.807, 2.05) is 0 Å². The van der Waals surface area contributed by atoms with Gasteiger partial charge >= 0.3 is 0 Å². The van der Waals surface area contributed by atoms with Crippen LogP contribution in [-0.2, 0) is 4.79 Å². The van der Waals surface area contributed by atoms with Crippen molar-refractivity contribution in [1.82, 2.24) is 4.90 Å². The number of piperidine rings is 1. The maximum atomic E-state index is 13.5. The molecule has 0 aliphatic carbocycles. The Morgan fingerprint density at radius 3 is 2.37 bits per heavy atom. The molecule has 1 saturated heterocycles. The van der Waals surface area contributed by atoms with Gasteiger partial charge in [0.05, 0.1) is 5.56 Å². The number of hydrogen-bond donors (Lipinski definition) is 0. The fourth-order valence-corrected chi connectivity index (χ4v) is 2.15. The third kappa shape index (κ3) is 2.89. The number of aliphatic carboxylic acids is 1. The van der Waals surface area contributed by atoms with E-state index in [1.54, 1.807) is 0 Å². The van der Waals surface area contributed by atoms with Gasteiger partial charge in [-0.15, -0.1) is 0 Å². The van der Waals surface area contributed by atoms with Crippen molar-refractivity contribution in [3.63, 3.8) is 0 Å². The summed E-state index contributed by atoms with van der Waals surface area (Å²) in [6.45, 7) is 0.461. The van der Waals surface area contributed by atoms with E-state index in [0.717, 1.165) is 12.1 Å². The molecule has 1 fully saturated rings. The lowest BCUT2D eigenvalue weighted by Crippen LogP contribution is -2.43. The van der Waals surface area contributed by atoms with Gasteiger partial charge in [-0.25, -0.2) is 8.78 Å². The van der Waals surface area contributed by atoms with Gasteiger partial charge in [0.25, 0.3) is 5.91 Å². The van der Waals surface area contributed by atoms with Gasteiger partial charge in [-0.05, 0) is 25.0 Å². The SMILES string of the molecule is O=C([O-])C1CCN(C(=O)c2ccc(F)cc2F)CC1. The largest absolute Gasteiger partial charge is 0.550 e. The van der Waals surface area contributed by atoms with Crippen LogP contribution in [0.4, 0.5) is 8.78 Å². The molecule has 102 valence electrons. The van der Waals surface area contributed by atoms with Gasteiger partial charge in [0.15, 0.2) is 0 Å². The first-order chi connectivity index (χ1) is 8.99. The highest BCUT2D eigenvalue weighted by molar-refractivity contribution is 5.94. The molecule has 1 aliphatic rings. The lowest BCUT2D eigenvalue weighted by molar-refractivity contribution is -0.312. The zero-order valence-electron chi connectivity index (χ0n) is 10.1. The first-order valence-corrected chi connectivity index (χ1v) is 5.94. The molecule has 0 radical (unpaired) electrons. The highest BCUT2D eigenvalue weighted by Gasteiger charge is 2.25. The van der Waals surface area contributed by atoms with Gasteiger partial charge in [-0.2, -0.15) is 0 Å². The molecule has 6 heteroatoms. The van der Waals surface area contributed by atoms with Crippen molar-refractivity contribution < 1.29 is 23.5 Å². The van der Waals surface area contributed by atoms with Crippen LogP contribution in [0.15, 0.2) is 18.2 Å². The van der Waals surface area contributed by atoms with E-state index < -0.39 is 29.4 Å². The quantitative estimate of drug-likeness (QED) is 0.787. The Kier molecular flexibility index (Phi) is 3.78. The number of carboxylic acids is 1. The third-order valence-electron chi connectivity index (χ3n) is 3.28. The van der Waals surface area contributed by atoms with Crippen LogP contribution in [0.2, 0.25) is 0 Å². The van der Waals surface area contributed by atoms with Crippen molar-refractivity contribution in [2.75, 3.05) is 13.1 Å². The summed E-state index contributed by atoms with van der Waals surface area (Å²) in [6, 6.07) is 2.77. The van der Waals surface area contributed by atoms with Crippen LogP contribution in [0.5, 0.6) is 0 Å². The van der Waals surface area contributed by atoms with E-state index in [4.69, 9.17) is 0 Å². The Bertz CT molecular complexity index is 511. The van der Waals surface area contributed by atoms with Gasteiger partial charge in [0.2, 0.25) is 0 Å². The van der Waals surface area contributed by atoms with Crippen molar-refractivity contribution >= 4 is 11.9 Å². The van der Waals surface area contributed by atoms with E-state index in [1.165, 1.54) is 4.90 Å². The van der Waals surface area contributed by atoms with Crippen molar-refractivity contribution in [1.29, 1.82) is 0 Å². The molecule has 0 spiro atoms. The molecule has 4 nitrogen and oxygen atoms in total. The fourth-order valence-electron chi connectivity index (χ4n) is 2.15. The van der Waals surface area contributed by atoms with Gasteiger partial charge in [-0.1, -0.05) is 0 Å². The molecular formula is C13H12F2NO3-. The van der Waals surface area contributed by atoms with Crippen LogP contribution in [0, 0.1) is 17.6 Å². The second-order valence-corrected chi connectivity index (χ2v) is 4.51. The monoisotopic (exact) mass is 268 g/mol. The molecule has 1 aliphatic heterocycles. The summed E-state index contributed by atoms with van der Waals surface area (Å²) in [4.78, 5) is 24.1. The van der Waals surface area contributed by atoms with Crippen LogP contribution in [0.1, 0.15) is 23.2 Å².